The Hall–Kier alpha value is -3.92. The van der Waals surface area contributed by atoms with Gasteiger partial charge in [0.25, 0.3) is 0 Å². The van der Waals surface area contributed by atoms with E-state index in [0.29, 0.717) is 17.6 Å². The maximum Gasteiger partial charge on any atom is 0.310 e. The molecule has 0 amide bonds. The van der Waals surface area contributed by atoms with Gasteiger partial charge >= 0.3 is 5.97 Å². The van der Waals surface area contributed by atoms with E-state index in [9.17, 15) is 14.3 Å². The lowest BCUT2D eigenvalue weighted by Gasteiger charge is -2.29. The van der Waals surface area contributed by atoms with Gasteiger partial charge in [-0.2, -0.15) is 0 Å². The van der Waals surface area contributed by atoms with Gasteiger partial charge in [0, 0.05) is 22.4 Å². The van der Waals surface area contributed by atoms with E-state index < -0.39 is 0 Å². The molecule has 0 aromatic heterocycles. The first-order valence-electron chi connectivity index (χ1n) is 12.6. The van der Waals surface area contributed by atoms with Crippen LogP contribution in [-0.4, -0.2) is 17.7 Å². The third kappa shape index (κ3) is 3.60. The van der Waals surface area contributed by atoms with Crippen molar-refractivity contribution in [3.8, 4) is 5.75 Å². The number of aromatic hydroxyl groups is 1. The number of hydrogen-bond acceptors (Lipinski definition) is 3. The van der Waals surface area contributed by atoms with Crippen molar-refractivity contribution in [2.75, 3.05) is 6.61 Å². The Balaban J connectivity index is 1.54. The van der Waals surface area contributed by atoms with E-state index in [0.717, 1.165) is 51.8 Å². The van der Waals surface area contributed by atoms with Crippen molar-refractivity contribution in [3.63, 3.8) is 0 Å². The summed E-state index contributed by atoms with van der Waals surface area (Å²) in [4.78, 5) is 12.4. The summed E-state index contributed by atoms with van der Waals surface area (Å²) in [6, 6.07) is 23.3. The van der Waals surface area contributed by atoms with Crippen molar-refractivity contribution < 1.29 is 19.0 Å². The fourth-order valence-electron chi connectivity index (χ4n) is 6.02. The number of fused-ring (bicyclic) bond motifs is 6. The van der Waals surface area contributed by atoms with E-state index in [-0.39, 0.29) is 29.9 Å². The first-order valence-corrected chi connectivity index (χ1v) is 12.6. The van der Waals surface area contributed by atoms with Gasteiger partial charge in [0.15, 0.2) is 0 Å². The first kappa shape index (κ1) is 22.5. The normalized spacial score (nSPS) is 15.3. The van der Waals surface area contributed by atoms with Crippen molar-refractivity contribution in [2.24, 2.45) is 0 Å². The summed E-state index contributed by atoms with van der Waals surface area (Å²) in [6.07, 6.45) is 2.86. The van der Waals surface area contributed by atoms with E-state index in [4.69, 9.17) is 4.74 Å². The number of hydrogen-bond donors (Lipinski definition) is 1. The molecule has 5 aromatic carbocycles. The zero-order valence-electron chi connectivity index (χ0n) is 20.2. The summed E-state index contributed by atoms with van der Waals surface area (Å²) in [5.41, 5.74) is 3.92. The average molecular weight is 479 g/mol. The lowest BCUT2D eigenvalue weighted by molar-refractivity contribution is -0.142. The predicted molar refractivity (Wildman–Crippen MR) is 142 cm³/mol. The summed E-state index contributed by atoms with van der Waals surface area (Å²) >= 11 is 0. The predicted octanol–water partition coefficient (Wildman–Crippen LogP) is 7.56. The highest BCUT2D eigenvalue weighted by Crippen LogP contribution is 2.46. The molecule has 0 heterocycles. The third-order valence-electron chi connectivity index (χ3n) is 7.61. The molecule has 4 heteroatoms. The van der Waals surface area contributed by atoms with Crippen LogP contribution in [-0.2, 0) is 22.4 Å². The number of rotatable bonds is 4. The number of phenolic OH excluding ortho intramolecular Hbond substituents is 1. The molecular weight excluding hydrogens is 451 g/mol. The zero-order valence-corrected chi connectivity index (χ0v) is 20.2. The van der Waals surface area contributed by atoms with Crippen molar-refractivity contribution in [3.05, 3.63) is 101 Å². The van der Waals surface area contributed by atoms with Gasteiger partial charge in [-0.05, 0) is 76.4 Å². The molecule has 1 aliphatic carbocycles. The topological polar surface area (TPSA) is 46.5 Å². The molecule has 1 atom stereocenters. The average Bonchev–Trinajstić information content (AvgIpc) is 2.90. The molecule has 0 saturated heterocycles. The van der Waals surface area contributed by atoms with E-state index in [1.165, 1.54) is 17.2 Å². The second kappa shape index (κ2) is 8.94. The lowest BCUT2D eigenvalue weighted by atomic mass is 9.75. The second-order valence-electron chi connectivity index (χ2n) is 9.57. The Kier molecular flexibility index (Phi) is 5.60. The Bertz CT molecular complexity index is 1650. The summed E-state index contributed by atoms with van der Waals surface area (Å²) in [6.45, 7) is 2.09. The van der Waals surface area contributed by atoms with Gasteiger partial charge in [-0.3, -0.25) is 4.79 Å². The van der Waals surface area contributed by atoms with Crippen LogP contribution in [0.5, 0.6) is 5.75 Å². The Morgan fingerprint density at radius 2 is 1.67 bits per heavy atom. The van der Waals surface area contributed by atoms with Crippen LogP contribution in [0.1, 0.15) is 47.9 Å². The summed E-state index contributed by atoms with van der Waals surface area (Å²) in [7, 11) is 0. The molecule has 6 rings (SSSR count). The zero-order chi connectivity index (χ0) is 24.8. The van der Waals surface area contributed by atoms with E-state index in [1.54, 1.807) is 13.0 Å². The molecule has 0 bridgehead atoms. The highest BCUT2D eigenvalue weighted by atomic mass is 19.1. The minimum atomic E-state index is -0.343. The number of aryl methyl sites for hydroxylation is 1. The number of ether oxygens (including phenoxy) is 1. The van der Waals surface area contributed by atoms with Gasteiger partial charge < -0.3 is 9.84 Å². The Labute approximate surface area is 209 Å². The van der Waals surface area contributed by atoms with Crippen LogP contribution in [0.15, 0.2) is 72.8 Å². The van der Waals surface area contributed by atoms with Crippen molar-refractivity contribution in [1.82, 2.24) is 0 Å². The van der Waals surface area contributed by atoms with Crippen LogP contribution in [0.25, 0.3) is 32.3 Å². The van der Waals surface area contributed by atoms with Gasteiger partial charge in [-0.25, -0.2) is 4.39 Å². The molecule has 1 unspecified atom stereocenters. The van der Waals surface area contributed by atoms with Crippen LogP contribution >= 0.6 is 0 Å². The fraction of sp³-hybridized carbons (Fsp3) is 0.219. The summed E-state index contributed by atoms with van der Waals surface area (Å²) in [5.74, 6) is -0.364. The number of carbonyl (C=O) groups is 1. The molecule has 0 aliphatic heterocycles. The first-order chi connectivity index (χ1) is 17.6. The molecular formula is C32H27FO3. The van der Waals surface area contributed by atoms with Gasteiger partial charge in [0.2, 0.25) is 0 Å². The van der Waals surface area contributed by atoms with Crippen LogP contribution in [0.2, 0.25) is 0 Å². The molecule has 1 N–H and O–H groups in total. The van der Waals surface area contributed by atoms with Gasteiger partial charge in [0.05, 0.1) is 13.0 Å². The van der Waals surface area contributed by atoms with Crippen LogP contribution < -0.4 is 0 Å². The maximum atomic E-state index is 14.4. The SMILES string of the molecule is CCOC(=O)Cc1c(O)c(C2CCCc3c2ccc2c3ccc3c(F)cccc32)cc2ccccc12. The van der Waals surface area contributed by atoms with Gasteiger partial charge in [0.1, 0.15) is 11.6 Å². The fourth-order valence-corrected chi connectivity index (χ4v) is 6.02. The number of benzene rings is 5. The van der Waals surface area contributed by atoms with Gasteiger partial charge in [-0.15, -0.1) is 0 Å². The highest BCUT2D eigenvalue weighted by molar-refractivity contribution is 6.09. The smallest absolute Gasteiger partial charge is 0.310 e. The molecule has 0 saturated carbocycles. The van der Waals surface area contributed by atoms with Crippen LogP contribution in [0.4, 0.5) is 4.39 Å². The molecule has 0 fully saturated rings. The minimum Gasteiger partial charge on any atom is -0.507 e. The number of phenols is 1. The largest absolute Gasteiger partial charge is 0.507 e. The third-order valence-corrected chi connectivity index (χ3v) is 7.61. The number of carbonyl (C=O) groups excluding carboxylic acids is 1. The van der Waals surface area contributed by atoms with E-state index in [2.05, 4.69) is 18.2 Å². The van der Waals surface area contributed by atoms with Gasteiger partial charge in [-0.1, -0.05) is 60.7 Å². The Morgan fingerprint density at radius 1 is 0.917 bits per heavy atom. The molecule has 3 nitrogen and oxygen atoms in total. The summed E-state index contributed by atoms with van der Waals surface area (Å²) in [5, 5.41) is 17.1. The minimum absolute atomic E-state index is 0.00640. The van der Waals surface area contributed by atoms with E-state index in [1.807, 2.05) is 42.5 Å². The monoisotopic (exact) mass is 478 g/mol. The van der Waals surface area contributed by atoms with Crippen molar-refractivity contribution >= 4 is 38.3 Å². The molecule has 180 valence electrons. The second-order valence-corrected chi connectivity index (χ2v) is 9.57. The molecule has 1 aliphatic rings. The quantitative estimate of drug-likeness (QED) is 0.214. The maximum absolute atomic E-state index is 14.4. The van der Waals surface area contributed by atoms with Crippen LogP contribution in [0.3, 0.4) is 0 Å². The van der Waals surface area contributed by atoms with E-state index >= 15 is 0 Å². The van der Waals surface area contributed by atoms with Crippen molar-refractivity contribution in [1.29, 1.82) is 0 Å². The molecule has 0 radical (unpaired) electrons. The number of esters is 1. The summed E-state index contributed by atoms with van der Waals surface area (Å²) < 4.78 is 19.6. The molecule has 36 heavy (non-hydrogen) atoms. The van der Waals surface area contributed by atoms with Crippen molar-refractivity contribution in [2.45, 2.75) is 38.5 Å². The highest BCUT2D eigenvalue weighted by Gasteiger charge is 2.28. The molecule has 5 aromatic rings. The van der Waals surface area contributed by atoms with Crippen LogP contribution in [0, 0.1) is 5.82 Å². The standard InChI is InChI=1S/C32H27FO3/c1-2-36-31(34)18-29-20-8-4-3-7-19(20)17-28(32(29)35)23-10-5-9-21-24(23)13-14-26-22-11-6-12-30(33)27(22)16-15-25(21)26/h3-4,6-8,11-17,23,35H,2,5,9-10,18H2,1H3. The molecule has 0 spiro atoms. The number of halogens is 1. The lowest BCUT2D eigenvalue weighted by Crippen LogP contribution is -2.13. The Morgan fingerprint density at radius 3 is 2.53 bits per heavy atom.